The number of halogens is 3. The molecule has 310 valence electrons. The summed E-state index contributed by atoms with van der Waals surface area (Å²) in [5, 5.41) is 0. The summed E-state index contributed by atoms with van der Waals surface area (Å²) in [6, 6.07) is 18.5. The highest BCUT2D eigenvalue weighted by Gasteiger charge is 2.79. The molecule has 5 atom stereocenters. The van der Waals surface area contributed by atoms with Crippen LogP contribution in [0.5, 0.6) is 28.7 Å². The molecule has 0 aliphatic carbocycles. The third-order valence-electron chi connectivity index (χ3n) is 11.5. The number of aryl methyl sites for hydroxylation is 1. The molecule has 5 aliphatic heterocycles. The molecule has 0 radical (unpaired) electrons. The van der Waals surface area contributed by atoms with Crippen LogP contribution in [0.25, 0.3) is 0 Å². The van der Waals surface area contributed by atoms with E-state index in [1.54, 1.807) is 12.0 Å². The van der Waals surface area contributed by atoms with Gasteiger partial charge in [0.15, 0.2) is 29.8 Å². The fraction of sp³-hybridized carbons (Fsp3) is 0.395. The first-order valence-corrected chi connectivity index (χ1v) is 20.2. The van der Waals surface area contributed by atoms with Crippen LogP contribution in [-0.4, -0.2) is 78.4 Å². The van der Waals surface area contributed by atoms with Gasteiger partial charge >= 0.3 is 6.09 Å². The first-order valence-electron chi connectivity index (χ1n) is 19.1. The first-order chi connectivity index (χ1) is 28.5. The maximum atomic E-state index is 15.5. The number of nitrogens with zero attached hydrogens (tertiary/aromatic N) is 2. The number of fused-ring (bicyclic) bond motifs is 8. The number of hydrogen-bond acceptors (Lipinski definition) is 11. The normalized spacial score (nSPS) is 23.1. The van der Waals surface area contributed by atoms with E-state index in [-0.39, 0.29) is 39.8 Å². The van der Waals surface area contributed by atoms with Gasteiger partial charge in [-0.25, -0.2) is 4.79 Å². The average molecular weight is 868 g/mol. The summed E-state index contributed by atoms with van der Waals surface area (Å²) in [6.45, 7) is 3.52. The molecule has 16 heteroatoms. The second-order valence-electron chi connectivity index (χ2n) is 15.0. The van der Waals surface area contributed by atoms with Crippen molar-refractivity contribution in [2.24, 2.45) is 0 Å². The van der Waals surface area contributed by atoms with Gasteiger partial charge in [0.1, 0.15) is 37.2 Å². The van der Waals surface area contributed by atoms with Crippen LogP contribution in [0.2, 0.25) is 0 Å². The van der Waals surface area contributed by atoms with Gasteiger partial charge in [0.2, 0.25) is 22.2 Å². The molecule has 1 spiro atoms. The summed E-state index contributed by atoms with van der Waals surface area (Å²) >= 11 is 18.3. The number of carbonyl (C=O) groups is 2. The molecule has 0 N–H and O–H groups in total. The zero-order chi connectivity index (χ0) is 41.2. The second kappa shape index (κ2) is 15.4. The van der Waals surface area contributed by atoms with E-state index in [2.05, 4.69) is 0 Å². The number of piperazine rings is 1. The van der Waals surface area contributed by atoms with Gasteiger partial charge in [-0.1, -0.05) is 102 Å². The molecule has 59 heavy (non-hydrogen) atoms. The van der Waals surface area contributed by atoms with Gasteiger partial charge in [0.25, 0.3) is 0 Å². The maximum absolute atomic E-state index is 15.5. The van der Waals surface area contributed by atoms with Crippen LogP contribution in [0.4, 0.5) is 4.79 Å². The number of benzene rings is 4. The minimum atomic E-state index is -1.92. The summed E-state index contributed by atoms with van der Waals surface area (Å²) in [5.41, 5.74) is 4.36. The smallest absolute Gasteiger partial charge is 0.411 e. The van der Waals surface area contributed by atoms with Crippen molar-refractivity contribution in [2.75, 3.05) is 41.0 Å². The molecule has 0 saturated carbocycles. The molecule has 4 aromatic rings. The van der Waals surface area contributed by atoms with Crippen LogP contribution in [0.3, 0.4) is 0 Å². The minimum Gasteiger partial charge on any atom is -0.493 e. The Labute approximate surface area is 355 Å². The van der Waals surface area contributed by atoms with Gasteiger partial charge in [0, 0.05) is 35.8 Å². The molecular formula is C43H41Cl3N2O11. The lowest BCUT2D eigenvalue weighted by Gasteiger charge is -2.56. The van der Waals surface area contributed by atoms with E-state index in [0.29, 0.717) is 51.0 Å². The molecule has 5 aliphatic rings. The van der Waals surface area contributed by atoms with Crippen LogP contribution < -0.4 is 23.7 Å². The molecule has 4 aromatic carbocycles. The van der Waals surface area contributed by atoms with Crippen LogP contribution in [0, 0.1) is 13.8 Å². The van der Waals surface area contributed by atoms with E-state index in [0.717, 1.165) is 22.3 Å². The lowest BCUT2D eigenvalue weighted by atomic mass is 9.73. The fourth-order valence-corrected chi connectivity index (χ4v) is 9.32. The molecule has 2 bridgehead atoms. The van der Waals surface area contributed by atoms with E-state index in [1.807, 2.05) is 80.6 Å². The Hall–Kier alpha value is -4.63. The third kappa shape index (κ3) is 6.66. The maximum Gasteiger partial charge on any atom is 0.411 e. The van der Waals surface area contributed by atoms with E-state index < -0.39 is 52.4 Å². The highest BCUT2D eigenvalue weighted by atomic mass is 35.6. The number of carbonyl (C=O) groups excluding carboxylic acids is 2. The van der Waals surface area contributed by atoms with Crippen molar-refractivity contribution in [3.8, 4) is 28.7 Å². The van der Waals surface area contributed by atoms with Crippen molar-refractivity contribution in [3.05, 3.63) is 111 Å². The van der Waals surface area contributed by atoms with E-state index in [4.69, 9.17) is 77.4 Å². The monoisotopic (exact) mass is 866 g/mol. The summed E-state index contributed by atoms with van der Waals surface area (Å²) in [6.07, 6.45) is -1.63. The van der Waals surface area contributed by atoms with Crippen LogP contribution >= 0.6 is 34.8 Å². The summed E-state index contributed by atoms with van der Waals surface area (Å²) in [7, 11) is 3.09. The Bertz CT molecular complexity index is 2290. The molecule has 0 aromatic heterocycles. The number of rotatable bonds is 12. The van der Waals surface area contributed by atoms with E-state index >= 15 is 4.79 Å². The highest BCUT2D eigenvalue weighted by molar-refractivity contribution is 6.67. The molecule has 2 fully saturated rings. The topological polar surface area (TPSA) is 127 Å². The molecule has 5 heterocycles. The SMILES string of the molecule is COCOc1c(C)c2c(c3c1[C@@H]1O[C@@]14[C@H]1c5c(cc(C)c(OC)c5OCc5ccccc5)C[C@@H](C(=O)N4[C@H]3COCc3ccccc3)N1C(=O)OCC(Cl)(Cl)Cl)OCO2. The minimum absolute atomic E-state index is 0.0205. The lowest BCUT2D eigenvalue weighted by molar-refractivity contribution is -0.171. The van der Waals surface area contributed by atoms with Gasteiger partial charge in [-0.2, -0.15) is 0 Å². The number of methoxy groups -OCH3 is 2. The van der Waals surface area contributed by atoms with Crippen molar-refractivity contribution in [1.29, 1.82) is 0 Å². The van der Waals surface area contributed by atoms with Gasteiger partial charge in [0.05, 0.1) is 26.4 Å². The van der Waals surface area contributed by atoms with Gasteiger partial charge in [-0.15, -0.1) is 0 Å². The molecule has 2 saturated heterocycles. The summed E-state index contributed by atoms with van der Waals surface area (Å²) in [5.74, 6) is 1.86. The van der Waals surface area contributed by atoms with Crippen LogP contribution in [0.1, 0.15) is 62.7 Å². The zero-order valence-corrected chi connectivity index (χ0v) is 34.9. The van der Waals surface area contributed by atoms with Crippen molar-refractivity contribution in [3.63, 3.8) is 0 Å². The number of epoxide rings is 1. The van der Waals surface area contributed by atoms with Crippen LogP contribution in [0.15, 0.2) is 66.7 Å². The third-order valence-corrected chi connectivity index (χ3v) is 11.8. The van der Waals surface area contributed by atoms with Gasteiger partial charge in [-0.05, 0) is 36.1 Å². The highest BCUT2D eigenvalue weighted by Crippen LogP contribution is 2.73. The molecular weight excluding hydrogens is 827 g/mol. The van der Waals surface area contributed by atoms with Crippen LogP contribution in [-0.2, 0) is 43.4 Å². The standard InChI is InChI=1S/C43H41Cl3N2O11/c1-23-15-27-16-28-40(49)48-29(19-53-17-25-11-7-5-8-12-25)31-32(34(56-21-51-3)24(2)35-37(31)58-22-57-35)39-43(48,59-39)38(47(28)41(50)55-20-42(44,45)46)30(27)36(33(23)52-4)54-18-26-13-9-6-10-14-26/h5-15,28-29,38-39H,16-22H2,1-4H3/t28-,29-,38+,39-,43-/m0/s1. The zero-order valence-electron chi connectivity index (χ0n) is 32.6. The van der Waals surface area contributed by atoms with Crippen molar-refractivity contribution >= 4 is 46.8 Å². The lowest BCUT2D eigenvalue weighted by Crippen LogP contribution is -2.70. The largest absolute Gasteiger partial charge is 0.493 e. The van der Waals surface area contributed by atoms with Crippen molar-refractivity contribution in [1.82, 2.24) is 9.80 Å². The Morgan fingerprint density at radius 1 is 0.881 bits per heavy atom. The van der Waals surface area contributed by atoms with E-state index in [1.165, 1.54) is 12.0 Å². The van der Waals surface area contributed by atoms with Gasteiger partial charge in [-0.3, -0.25) is 14.6 Å². The Kier molecular flexibility index (Phi) is 10.4. The van der Waals surface area contributed by atoms with E-state index in [9.17, 15) is 4.79 Å². The number of amides is 2. The fourth-order valence-electron chi connectivity index (χ4n) is 9.16. The summed E-state index contributed by atoms with van der Waals surface area (Å²) in [4.78, 5) is 33.2. The molecule has 2 amide bonds. The predicted octanol–water partition coefficient (Wildman–Crippen LogP) is 7.96. The molecule has 9 rings (SSSR count). The molecule has 0 unspecified atom stereocenters. The number of ether oxygens (including phenoxy) is 9. The number of alkyl halides is 3. The average Bonchev–Trinajstić information content (AvgIpc) is 3.76. The number of hydrogen-bond donors (Lipinski definition) is 0. The second-order valence-corrected chi connectivity index (χ2v) is 17.5. The van der Waals surface area contributed by atoms with Crippen molar-refractivity contribution < 1.29 is 52.2 Å². The summed E-state index contributed by atoms with van der Waals surface area (Å²) < 4.78 is 54.0. The predicted molar refractivity (Wildman–Crippen MR) is 214 cm³/mol. The Balaban J connectivity index is 1.26. The molecule has 13 nitrogen and oxygen atoms in total. The quantitative estimate of drug-likeness (QED) is 0.0782. The van der Waals surface area contributed by atoms with Gasteiger partial charge < -0.3 is 42.6 Å². The first kappa shape index (κ1) is 39.8. The Morgan fingerprint density at radius 3 is 2.25 bits per heavy atom. The van der Waals surface area contributed by atoms with Crippen molar-refractivity contribution in [2.45, 2.75) is 67.2 Å². The Morgan fingerprint density at radius 2 is 1.58 bits per heavy atom.